The normalized spacial score (nSPS) is 12.7. The van der Waals surface area contributed by atoms with Crippen LogP contribution >= 0.6 is 0 Å². The molecule has 1 aliphatic heterocycles. The zero-order valence-corrected chi connectivity index (χ0v) is 12.0. The number of hydrogen-bond donors (Lipinski definition) is 2. The number of fused-ring (bicyclic) bond motifs is 1. The van der Waals surface area contributed by atoms with E-state index < -0.39 is 0 Å². The molecule has 0 aliphatic carbocycles. The van der Waals surface area contributed by atoms with Crippen LogP contribution in [-0.2, 0) is 0 Å². The van der Waals surface area contributed by atoms with Crippen molar-refractivity contribution >= 4 is 5.91 Å². The molecule has 0 saturated heterocycles. The van der Waals surface area contributed by atoms with E-state index in [4.69, 9.17) is 9.47 Å². The van der Waals surface area contributed by atoms with Gasteiger partial charge < -0.3 is 14.8 Å². The summed E-state index contributed by atoms with van der Waals surface area (Å²) in [5, 5.41) is 9.79. The Morgan fingerprint density at radius 3 is 2.95 bits per heavy atom. The fraction of sp³-hybridized carbons (Fsp3) is 0.333. The van der Waals surface area contributed by atoms with Crippen LogP contribution in [0.3, 0.4) is 0 Å². The lowest BCUT2D eigenvalue weighted by Crippen LogP contribution is -2.27. The summed E-state index contributed by atoms with van der Waals surface area (Å²) >= 11 is 0. The first kappa shape index (κ1) is 13.5. The van der Waals surface area contributed by atoms with Crippen LogP contribution in [0.15, 0.2) is 24.3 Å². The van der Waals surface area contributed by atoms with Gasteiger partial charge >= 0.3 is 0 Å². The molecular weight excluding hydrogens is 270 g/mol. The molecule has 1 aliphatic rings. The number of benzene rings is 1. The molecule has 6 heteroatoms. The van der Waals surface area contributed by atoms with E-state index in [1.165, 1.54) is 0 Å². The highest BCUT2D eigenvalue weighted by molar-refractivity contribution is 5.93. The fourth-order valence-corrected chi connectivity index (χ4v) is 2.03. The smallest absolute Gasteiger partial charge is 0.269 e. The second-order valence-corrected chi connectivity index (χ2v) is 5.34. The first-order valence-electron chi connectivity index (χ1n) is 6.87. The van der Waals surface area contributed by atoms with Crippen molar-refractivity contribution in [1.82, 2.24) is 15.5 Å². The second-order valence-electron chi connectivity index (χ2n) is 5.34. The molecule has 2 heterocycles. The molecule has 1 aromatic carbocycles. The third kappa shape index (κ3) is 2.84. The van der Waals surface area contributed by atoms with Gasteiger partial charge in [0.15, 0.2) is 11.5 Å². The van der Waals surface area contributed by atoms with Gasteiger partial charge in [0.1, 0.15) is 5.69 Å². The van der Waals surface area contributed by atoms with E-state index in [9.17, 15) is 4.79 Å². The minimum Gasteiger partial charge on any atom is -0.454 e. The lowest BCUT2D eigenvalue weighted by atomic mass is 10.1. The van der Waals surface area contributed by atoms with Gasteiger partial charge in [0, 0.05) is 12.1 Å². The Kier molecular flexibility index (Phi) is 3.51. The van der Waals surface area contributed by atoms with Crippen molar-refractivity contribution < 1.29 is 14.3 Å². The molecule has 3 rings (SSSR count). The van der Waals surface area contributed by atoms with Crippen molar-refractivity contribution in [3.05, 3.63) is 30.0 Å². The van der Waals surface area contributed by atoms with Crippen molar-refractivity contribution in [1.29, 1.82) is 0 Å². The van der Waals surface area contributed by atoms with Crippen LogP contribution in [0.4, 0.5) is 0 Å². The lowest BCUT2D eigenvalue weighted by molar-refractivity contribution is 0.0944. The topological polar surface area (TPSA) is 76.2 Å². The SMILES string of the molecule is CC(C)CNC(=O)c1cc(-c2ccc3c(c2)OCO3)n[nH]1. The Bertz CT molecular complexity index is 664. The molecule has 1 amide bonds. The van der Waals surface area contributed by atoms with Gasteiger partial charge in [0.05, 0.1) is 5.69 Å². The summed E-state index contributed by atoms with van der Waals surface area (Å²) in [4.78, 5) is 12.0. The predicted octanol–water partition coefficient (Wildman–Crippen LogP) is 2.19. The summed E-state index contributed by atoms with van der Waals surface area (Å²) < 4.78 is 10.6. The van der Waals surface area contributed by atoms with Gasteiger partial charge in [-0.05, 0) is 30.2 Å². The minimum atomic E-state index is -0.150. The van der Waals surface area contributed by atoms with Crippen molar-refractivity contribution in [2.75, 3.05) is 13.3 Å². The monoisotopic (exact) mass is 287 g/mol. The van der Waals surface area contributed by atoms with Crippen LogP contribution in [0.1, 0.15) is 24.3 Å². The number of amides is 1. The largest absolute Gasteiger partial charge is 0.454 e. The Morgan fingerprint density at radius 1 is 1.33 bits per heavy atom. The molecule has 0 spiro atoms. The Hall–Kier alpha value is -2.50. The van der Waals surface area contributed by atoms with E-state index >= 15 is 0 Å². The molecule has 0 atom stereocenters. The molecule has 0 unspecified atom stereocenters. The zero-order chi connectivity index (χ0) is 14.8. The van der Waals surface area contributed by atoms with Crippen LogP contribution in [0.25, 0.3) is 11.3 Å². The molecule has 2 N–H and O–H groups in total. The number of nitrogens with one attached hydrogen (secondary N) is 2. The molecular formula is C15H17N3O3. The van der Waals surface area contributed by atoms with Gasteiger partial charge in [-0.2, -0.15) is 5.10 Å². The summed E-state index contributed by atoms with van der Waals surface area (Å²) in [6.07, 6.45) is 0. The highest BCUT2D eigenvalue weighted by Crippen LogP contribution is 2.35. The van der Waals surface area contributed by atoms with Crippen molar-refractivity contribution in [3.63, 3.8) is 0 Å². The molecule has 21 heavy (non-hydrogen) atoms. The predicted molar refractivity (Wildman–Crippen MR) is 77.3 cm³/mol. The van der Waals surface area contributed by atoms with Gasteiger partial charge in [-0.25, -0.2) is 0 Å². The summed E-state index contributed by atoms with van der Waals surface area (Å²) in [5.41, 5.74) is 2.02. The molecule has 6 nitrogen and oxygen atoms in total. The van der Waals surface area contributed by atoms with Gasteiger partial charge in [-0.15, -0.1) is 0 Å². The minimum absolute atomic E-state index is 0.150. The first-order valence-corrected chi connectivity index (χ1v) is 6.87. The van der Waals surface area contributed by atoms with E-state index in [0.717, 1.165) is 11.3 Å². The molecule has 0 bridgehead atoms. The van der Waals surface area contributed by atoms with Crippen molar-refractivity contribution in [2.45, 2.75) is 13.8 Å². The van der Waals surface area contributed by atoms with Crippen LogP contribution in [0.2, 0.25) is 0 Å². The zero-order valence-electron chi connectivity index (χ0n) is 12.0. The molecule has 1 aromatic heterocycles. The summed E-state index contributed by atoms with van der Waals surface area (Å²) in [5.74, 6) is 1.68. The Labute approximate surface area is 122 Å². The highest BCUT2D eigenvalue weighted by atomic mass is 16.7. The number of hydrogen-bond acceptors (Lipinski definition) is 4. The van der Waals surface area contributed by atoms with Crippen LogP contribution in [-0.4, -0.2) is 29.4 Å². The van der Waals surface area contributed by atoms with Gasteiger partial charge in [0.25, 0.3) is 5.91 Å². The van der Waals surface area contributed by atoms with E-state index in [-0.39, 0.29) is 12.7 Å². The average molecular weight is 287 g/mol. The standard InChI is InChI=1S/C15H17N3O3/c1-9(2)7-16-15(19)12-6-11(17-18-12)10-3-4-13-14(5-10)21-8-20-13/h3-6,9H,7-8H2,1-2H3,(H,16,19)(H,17,18). The van der Waals surface area contributed by atoms with Gasteiger partial charge in [-0.1, -0.05) is 13.8 Å². The fourth-order valence-electron chi connectivity index (χ4n) is 2.03. The number of carbonyl (C=O) groups excluding carboxylic acids is 1. The van der Waals surface area contributed by atoms with E-state index in [0.29, 0.717) is 29.6 Å². The van der Waals surface area contributed by atoms with E-state index in [1.807, 2.05) is 32.0 Å². The number of nitrogens with zero attached hydrogens (tertiary/aromatic N) is 1. The highest BCUT2D eigenvalue weighted by Gasteiger charge is 2.16. The number of ether oxygens (including phenoxy) is 2. The number of rotatable bonds is 4. The number of aromatic amines is 1. The van der Waals surface area contributed by atoms with Crippen LogP contribution < -0.4 is 14.8 Å². The molecule has 0 saturated carbocycles. The molecule has 0 fully saturated rings. The Morgan fingerprint density at radius 2 is 2.14 bits per heavy atom. The van der Waals surface area contributed by atoms with Gasteiger partial charge in [0.2, 0.25) is 6.79 Å². The molecule has 2 aromatic rings. The quantitative estimate of drug-likeness (QED) is 0.903. The van der Waals surface area contributed by atoms with Crippen molar-refractivity contribution in [3.8, 4) is 22.8 Å². The first-order chi connectivity index (χ1) is 10.1. The second kappa shape index (κ2) is 5.47. The third-order valence-corrected chi connectivity index (χ3v) is 3.16. The lowest BCUT2D eigenvalue weighted by Gasteiger charge is -2.05. The van der Waals surface area contributed by atoms with Crippen LogP contribution in [0, 0.1) is 5.92 Å². The maximum absolute atomic E-state index is 12.0. The van der Waals surface area contributed by atoms with E-state index in [1.54, 1.807) is 6.07 Å². The molecule has 0 radical (unpaired) electrons. The van der Waals surface area contributed by atoms with E-state index in [2.05, 4.69) is 15.5 Å². The van der Waals surface area contributed by atoms with Gasteiger partial charge in [-0.3, -0.25) is 9.89 Å². The maximum atomic E-state index is 12.0. The summed E-state index contributed by atoms with van der Waals surface area (Å²) in [7, 11) is 0. The number of aromatic nitrogens is 2. The maximum Gasteiger partial charge on any atom is 0.269 e. The van der Waals surface area contributed by atoms with Crippen LogP contribution in [0.5, 0.6) is 11.5 Å². The molecule has 110 valence electrons. The summed E-state index contributed by atoms with van der Waals surface area (Å²) in [6.45, 7) is 4.97. The number of H-pyrrole nitrogens is 1. The summed E-state index contributed by atoms with van der Waals surface area (Å²) in [6, 6.07) is 7.31. The third-order valence-electron chi connectivity index (χ3n) is 3.16. The van der Waals surface area contributed by atoms with Crippen molar-refractivity contribution in [2.24, 2.45) is 5.92 Å². The Balaban J connectivity index is 1.77. The number of carbonyl (C=O) groups is 1. The average Bonchev–Trinajstić information content (AvgIpc) is 3.12.